The van der Waals surface area contributed by atoms with Gasteiger partial charge in [-0.25, -0.2) is 4.98 Å². The van der Waals surface area contributed by atoms with E-state index in [1.54, 1.807) is 0 Å². The molecule has 4 nitrogen and oxygen atoms in total. The van der Waals surface area contributed by atoms with Crippen LogP contribution in [-0.4, -0.2) is 47.2 Å². The third-order valence-electron chi connectivity index (χ3n) is 3.80. The number of likely N-dealkylation sites (tertiary alicyclic amines) is 1. The van der Waals surface area contributed by atoms with Crippen molar-refractivity contribution in [1.82, 2.24) is 19.8 Å². The van der Waals surface area contributed by atoms with Gasteiger partial charge in [0.05, 0.1) is 0 Å². The number of nitrogens with one attached hydrogen (secondary N) is 1. The van der Waals surface area contributed by atoms with Gasteiger partial charge in [0.25, 0.3) is 0 Å². The fraction of sp³-hybridized carbons (Fsp3) is 0.786. The van der Waals surface area contributed by atoms with Crippen LogP contribution >= 0.6 is 0 Å². The molecule has 0 spiro atoms. The smallest absolute Gasteiger partial charge is 0.109 e. The summed E-state index contributed by atoms with van der Waals surface area (Å²) in [5.41, 5.74) is 0. The molecule has 2 rings (SSSR count). The van der Waals surface area contributed by atoms with E-state index in [4.69, 9.17) is 0 Å². The molecule has 0 bridgehead atoms. The van der Waals surface area contributed by atoms with Gasteiger partial charge in [0.15, 0.2) is 0 Å². The summed E-state index contributed by atoms with van der Waals surface area (Å²) in [5, 5.41) is 3.53. The second-order valence-corrected chi connectivity index (χ2v) is 5.36. The number of hydrogen-bond acceptors (Lipinski definition) is 3. The first-order valence-corrected chi connectivity index (χ1v) is 7.19. The van der Waals surface area contributed by atoms with Gasteiger partial charge in [-0.3, -0.25) is 0 Å². The second-order valence-electron chi connectivity index (χ2n) is 5.36. The lowest BCUT2D eigenvalue weighted by Gasteiger charge is -2.16. The highest BCUT2D eigenvalue weighted by atomic mass is 15.2. The maximum Gasteiger partial charge on any atom is 0.109 e. The van der Waals surface area contributed by atoms with Crippen LogP contribution in [0.1, 0.15) is 25.6 Å². The quantitative estimate of drug-likeness (QED) is 0.740. The molecule has 1 aliphatic heterocycles. The molecule has 1 aliphatic rings. The topological polar surface area (TPSA) is 33.1 Å². The Morgan fingerprint density at radius 1 is 1.50 bits per heavy atom. The fourth-order valence-corrected chi connectivity index (χ4v) is 2.66. The molecule has 4 heteroatoms. The van der Waals surface area contributed by atoms with E-state index in [-0.39, 0.29) is 0 Å². The number of nitrogens with zero attached hydrogens (tertiary/aromatic N) is 3. The van der Waals surface area contributed by atoms with Crippen LogP contribution in [0.3, 0.4) is 0 Å². The van der Waals surface area contributed by atoms with E-state index >= 15 is 0 Å². The third kappa shape index (κ3) is 3.82. The van der Waals surface area contributed by atoms with Crippen molar-refractivity contribution in [2.24, 2.45) is 13.0 Å². The van der Waals surface area contributed by atoms with Gasteiger partial charge in [-0.2, -0.15) is 0 Å². The minimum absolute atomic E-state index is 0.845. The number of aryl methyl sites for hydroxylation is 1. The lowest BCUT2D eigenvalue weighted by Crippen LogP contribution is -2.28. The molecule has 0 saturated carbocycles. The Bertz CT molecular complexity index is 347. The largest absolute Gasteiger partial charge is 0.338 e. The molecule has 2 heterocycles. The predicted octanol–water partition coefficient (Wildman–Crippen LogP) is 1.28. The summed E-state index contributed by atoms with van der Waals surface area (Å²) < 4.78 is 2.12. The van der Waals surface area contributed by atoms with Crippen LogP contribution in [0, 0.1) is 5.92 Å². The number of hydrogen-bond donors (Lipinski definition) is 1. The zero-order valence-corrected chi connectivity index (χ0v) is 11.7. The summed E-state index contributed by atoms with van der Waals surface area (Å²) in [6, 6.07) is 0. The predicted molar refractivity (Wildman–Crippen MR) is 74.6 cm³/mol. The standard InChI is InChI=1S/C14H26N4/c1-3-6-15-11-13-4-8-18(12-13)9-5-14-16-7-10-17(14)2/h7,10,13,15H,3-6,8-9,11-12H2,1-2H3. The SMILES string of the molecule is CCCNCC1CCN(CCc2nccn2C)C1. The molecule has 1 saturated heterocycles. The highest BCUT2D eigenvalue weighted by Gasteiger charge is 2.21. The molecule has 0 amide bonds. The first-order valence-electron chi connectivity index (χ1n) is 7.19. The minimum atomic E-state index is 0.845. The van der Waals surface area contributed by atoms with Crippen LogP contribution in [0.4, 0.5) is 0 Å². The lowest BCUT2D eigenvalue weighted by molar-refractivity contribution is 0.322. The van der Waals surface area contributed by atoms with E-state index in [0.29, 0.717) is 0 Å². The van der Waals surface area contributed by atoms with Crippen molar-refractivity contribution in [3.8, 4) is 0 Å². The maximum absolute atomic E-state index is 4.38. The Morgan fingerprint density at radius 2 is 2.39 bits per heavy atom. The van der Waals surface area contributed by atoms with E-state index in [9.17, 15) is 0 Å². The molecule has 1 fully saturated rings. The molecule has 1 atom stereocenters. The normalized spacial score (nSPS) is 20.7. The Morgan fingerprint density at radius 3 is 3.11 bits per heavy atom. The van der Waals surface area contributed by atoms with Crippen LogP contribution in [0.25, 0.3) is 0 Å². The number of aromatic nitrogens is 2. The van der Waals surface area contributed by atoms with Crippen molar-refractivity contribution in [2.75, 3.05) is 32.7 Å². The third-order valence-corrected chi connectivity index (χ3v) is 3.80. The van der Waals surface area contributed by atoms with E-state index in [2.05, 4.69) is 33.7 Å². The molecule has 0 radical (unpaired) electrons. The van der Waals surface area contributed by atoms with Gasteiger partial charge >= 0.3 is 0 Å². The van der Waals surface area contributed by atoms with Crippen molar-refractivity contribution in [2.45, 2.75) is 26.2 Å². The second kappa shape index (κ2) is 6.90. The van der Waals surface area contributed by atoms with Crippen LogP contribution in [-0.2, 0) is 13.5 Å². The number of rotatable bonds is 7. The molecular formula is C14H26N4. The molecule has 0 aromatic carbocycles. The highest BCUT2D eigenvalue weighted by Crippen LogP contribution is 2.15. The van der Waals surface area contributed by atoms with Crippen molar-refractivity contribution in [3.63, 3.8) is 0 Å². The Hall–Kier alpha value is -0.870. The van der Waals surface area contributed by atoms with Crippen LogP contribution in [0.15, 0.2) is 12.4 Å². The molecule has 1 aromatic rings. The summed E-state index contributed by atoms with van der Waals surface area (Å²) in [7, 11) is 2.07. The summed E-state index contributed by atoms with van der Waals surface area (Å²) >= 11 is 0. The molecule has 0 aliphatic carbocycles. The Labute approximate surface area is 110 Å². The minimum Gasteiger partial charge on any atom is -0.338 e. The summed E-state index contributed by atoms with van der Waals surface area (Å²) in [4.78, 5) is 6.96. The van der Waals surface area contributed by atoms with Gasteiger partial charge < -0.3 is 14.8 Å². The maximum atomic E-state index is 4.38. The zero-order valence-electron chi connectivity index (χ0n) is 11.7. The first kappa shape index (κ1) is 13.6. The van der Waals surface area contributed by atoms with Gasteiger partial charge in [0.1, 0.15) is 5.82 Å². The monoisotopic (exact) mass is 250 g/mol. The number of imidazole rings is 1. The first-order chi connectivity index (χ1) is 8.79. The van der Waals surface area contributed by atoms with Gasteiger partial charge in [-0.1, -0.05) is 6.92 Å². The van der Waals surface area contributed by atoms with E-state index in [0.717, 1.165) is 25.4 Å². The molecule has 1 unspecified atom stereocenters. The average Bonchev–Trinajstić information content (AvgIpc) is 2.96. The van der Waals surface area contributed by atoms with Crippen LogP contribution < -0.4 is 5.32 Å². The Balaban J connectivity index is 1.65. The van der Waals surface area contributed by atoms with Crippen LogP contribution in [0.5, 0.6) is 0 Å². The van der Waals surface area contributed by atoms with Crippen molar-refractivity contribution >= 4 is 0 Å². The lowest BCUT2D eigenvalue weighted by atomic mass is 10.1. The van der Waals surface area contributed by atoms with Crippen molar-refractivity contribution in [1.29, 1.82) is 0 Å². The molecule has 102 valence electrons. The summed E-state index contributed by atoms with van der Waals surface area (Å²) in [6.07, 6.45) is 7.55. The summed E-state index contributed by atoms with van der Waals surface area (Å²) in [5.74, 6) is 2.04. The molecular weight excluding hydrogens is 224 g/mol. The van der Waals surface area contributed by atoms with Gasteiger partial charge in [-0.05, 0) is 38.4 Å². The zero-order chi connectivity index (χ0) is 12.8. The molecule has 1 N–H and O–H groups in total. The van der Waals surface area contributed by atoms with Crippen LogP contribution in [0.2, 0.25) is 0 Å². The van der Waals surface area contributed by atoms with Gasteiger partial charge in [0, 0.05) is 39.0 Å². The summed E-state index contributed by atoms with van der Waals surface area (Å²) in [6.45, 7) is 8.22. The van der Waals surface area contributed by atoms with E-state index < -0.39 is 0 Å². The highest BCUT2D eigenvalue weighted by molar-refractivity contribution is 4.92. The van der Waals surface area contributed by atoms with Crippen molar-refractivity contribution in [3.05, 3.63) is 18.2 Å². The van der Waals surface area contributed by atoms with E-state index in [1.807, 2.05) is 12.4 Å². The Kier molecular flexibility index (Phi) is 5.20. The van der Waals surface area contributed by atoms with Crippen molar-refractivity contribution < 1.29 is 0 Å². The van der Waals surface area contributed by atoms with Gasteiger partial charge in [0.2, 0.25) is 0 Å². The van der Waals surface area contributed by atoms with Gasteiger partial charge in [-0.15, -0.1) is 0 Å². The molecule has 18 heavy (non-hydrogen) atoms. The van der Waals surface area contributed by atoms with E-state index in [1.165, 1.54) is 38.3 Å². The molecule has 1 aromatic heterocycles. The average molecular weight is 250 g/mol. The fourth-order valence-electron chi connectivity index (χ4n) is 2.66.